The van der Waals surface area contributed by atoms with Crippen LogP contribution in [0.1, 0.15) is 20.8 Å². The van der Waals surface area contributed by atoms with Crippen LogP contribution in [0.3, 0.4) is 0 Å². The van der Waals surface area contributed by atoms with Crippen molar-refractivity contribution in [2.24, 2.45) is 0 Å². The molecule has 4 heteroatoms. The topological polar surface area (TPSA) is 27.7 Å². The molecule has 0 bridgehead atoms. The highest BCUT2D eigenvalue weighted by molar-refractivity contribution is 4.89. The van der Waals surface area contributed by atoms with Crippen LogP contribution >= 0.6 is 0 Å². The second-order valence-electron chi connectivity index (χ2n) is 3.91. The van der Waals surface area contributed by atoms with Gasteiger partial charge in [0.1, 0.15) is 12.2 Å². The summed E-state index contributed by atoms with van der Waals surface area (Å²) in [5.41, 5.74) is 0. The minimum Gasteiger partial charge on any atom is -0.376 e. The first-order valence-electron chi connectivity index (χ1n) is 5.00. The highest BCUT2D eigenvalue weighted by Crippen LogP contribution is 2.26. The first-order valence-corrected chi connectivity index (χ1v) is 5.00. The molecule has 0 aliphatic carbocycles. The molecule has 0 radical (unpaired) electrons. The molecule has 0 saturated carbocycles. The van der Waals surface area contributed by atoms with Gasteiger partial charge < -0.3 is 14.2 Å². The summed E-state index contributed by atoms with van der Waals surface area (Å²) in [6.45, 7) is 5.98. The summed E-state index contributed by atoms with van der Waals surface area (Å²) in [7, 11) is 1.50. The molecular formula is C10H19FO3. The van der Waals surface area contributed by atoms with Crippen molar-refractivity contribution in [1.29, 1.82) is 0 Å². The molecule has 1 aliphatic rings. The molecule has 2 unspecified atom stereocenters. The standard InChI is InChI=1S/C10H19FO3/c1-6(2)13-5-8-10(12-4)9(11)7(3)14-8/h6-10H,5H2,1-4H3/t7-,8+,9?,10?/m0/s1. The monoisotopic (exact) mass is 206 g/mol. The molecule has 1 saturated heterocycles. The van der Waals surface area contributed by atoms with Crippen molar-refractivity contribution >= 4 is 0 Å². The van der Waals surface area contributed by atoms with Crippen LogP contribution in [0.15, 0.2) is 0 Å². The molecule has 0 aromatic heterocycles. The predicted molar refractivity (Wildman–Crippen MR) is 51.1 cm³/mol. The largest absolute Gasteiger partial charge is 0.376 e. The van der Waals surface area contributed by atoms with Gasteiger partial charge in [-0.2, -0.15) is 0 Å². The number of methoxy groups -OCH3 is 1. The van der Waals surface area contributed by atoms with Crippen LogP contribution in [-0.4, -0.2) is 44.3 Å². The summed E-state index contributed by atoms with van der Waals surface area (Å²) in [6, 6.07) is 0. The third-order valence-electron chi connectivity index (χ3n) is 2.38. The molecule has 0 aromatic rings. The van der Waals surface area contributed by atoms with E-state index in [1.165, 1.54) is 7.11 Å². The van der Waals surface area contributed by atoms with Crippen molar-refractivity contribution < 1.29 is 18.6 Å². The molecule has 3 nitrogen and oxygen atoms in total. The zero-order chi connectivity index (χ0) is 10.7. The van der Waals surface area contributed by atoms with Crippen LogP contribution in [-0.2, 0) is 14.2 Å². The minimum absolute atomic E-state index is 0.130. The van der Waals surface area contributed by atoms with Gasteiger partial charge >= 0.3 is 0 Å². The lowest BCUT2D eigenvalue weighted by Crippen LogP contribution is -2.34. The van der Waals surface area contributed by atoms with Crippen LogP contribution in [0.4, 0.5) is 4.39 Å². The van der Waals surface area contributed by atoms with E-state index in [4.69, 9.17) is 14.2 Å². The average molecular weight is 206 g/mol. The Morgan fingerprint density at radius 2 is 2.07 bits per heavy atom. The summed E-state index contributed by atoms with van der Waals surface area (Å²) in [4.78, 5) is 0. The van der Waals surface area contributed by atoms with Crippen LogP contribution in [0.2, 0.25) is 0 Å². The summed E-state index contributed by atoms with van der Waals surface area (Å²) in [5.74, 6) is 0. The van der Waals surface area contributed by atoms with Crippen molar-refractivity contribution in [2.75, 3.05) is 13.7 Å². The Labute approximate surface area is 84.5 Å². The fourth-order valence-corrected chi connectivity index (χ4v) is 1.60. The second-order valence-corrected chi connectivity index (χ2v) is 3.91. The number of alkyl halides is 1. The molecule has 0 aromatic carbocycles. The number of rotatable bonds is 4. The van der Waals surface area contributed by atoms with E-state index in [-0.39, 0.29) is 12.2 Å². The van der Waals surface area contributed by atoms with Crippen molar-refractivity contribution in [1.82, 2.24) is 0 Å². The SMILES string of the molecule is COC1C(F)[C@H](C)O[C@@H]1COC(C)C. The highest BCUT2D eigenvalue weighted by atomic mass is 19.1. The number of ether oxygens (including phenoxy) is 3. The lowest BCUT2D eigenvalue weighted by Gasteiger charge is -2.18. The fourth-order valence-electron chi connectivity index (χ4n) is 1.60. The molecule has 0 spiro atoms. The van der Waals surface area contributed by atoms with Gasteiger partial charge in [-0.1, -0.05) is 0 Å². The van der Waals surface area contributed by atoms with Gasteiger partial charge in [0.05, 0.1) is 18.8 Å². The van der Waals surface area contributed by atoms with E-state index in [0.29, 0.717) is 6.61 Å². The Morgan fingerprint density at radius 1 is 1.43 bits per heavy atom. The highest BCUT2D eigenvalue weighted by Gasteiger charge is 2.43. The summed E-state index contributed by atoms with van der Waals surface area (Å²) in [6.07, 6.45) is -2.11. The average Bonchev–Trinajstić information content (AvgIpc) is 2.39. The van der Waals surface area contributed by atoms with Gasteiger partial charge in [-0.25, -0.2) is 4.39 Å². The first-order chi connectivity index (χ1) is 6.56. The van der Waals surface area contributed by atoms with Crippen LogP contribution < -0.4 is 0 Å². The molecule has 1 rings (SSSR count). The zero-order valence-corrected chi connectivity index (χ0v) is 9.20. The van der Waals surface area contributed by atoms with E-state index in [0.717, 1.165) is 0 Å². The summed E-state index contributed by atoms with van der Waals surface area (Å²) >= 11 is 0. The van der Waals surface area contributed by atoms with Crippen molar-refractivity contribution in [2.45, 2.75) is 51.4 Å². The van der Waals surface area contributed by atoms with Crippen molar-refractivity contribution in [3.63, 3.8) is 0 Å². The lowest BCUT2D eigenvalue weighted by atomic mass is 10.1. The van der Waals surface area contributed by atoms with Gasteiger partial charge in [-0.15, -0.1) is 0 Å². The number of hydrogen-bond donors (Lipinski definition) is 0. The Kier molecular flexibility index (Phi) is 4.29. The van der Waals surface area contributed by atoms with Crippen LogP contribution in [0, 0.1) is 0 Å². The first kappa shape index (κ1) is 11.9. The maximum atomic E-state index is 13.5. The molecule has 0 N–H and O–H groups in total. The van der Waals surface area contributed by atoms with Gasteiger partial charge in [0.2, 0.25) is 0 Å². The molecule has 84 valence electrons. The summed E-state index contributed by atoms with van der Waals surface area (Å²) in [5, 5.41) is 0. The number of hydrogen-bond acceptors (Lipinski definition) is 3. The Balaban J connectivity index is 2.44. The third-order valence-corrected chi connectivity index (χ3v) is 2.38. The van der Waals surface area contributed by atoms with Gasteiger partial charge in [0.15, 0.2) is 6.17 Å². The maximum Gasteiger partial charge on any atom is 0.154 e. The molecule has 14 heavy (non-hydrogen) atoms. The van der Waals surface area contributed by atoms with Gasteiger partial charge in [-0.3, -0.25) is 0 Å². The fraction of sp³-hybridized carbons (Fsp3) is 1.00. The van der Waals surface area contributed by atoms with Gasteiger partial charge in [0.25, 0.3) is 0 Å². The number of halogens is 1. The Bertz CT molecular complexity index is 175. The van der Waals surface area contributed by atoms with Gasteiger partial charge in [0, 0.05) is 7.11 Å². The van der Waals surface area contributed by atoms with E-state index < -0.39 is 18.4 Å². The molecular weight excluding hydrogens is 187 g/mol. The van der Waals surface area contributed by atoms with E-state index in [2.05, 4.69) is 0 Å². The summed E-state index contributed by atoms with van der Waals surface area (Å²) < 4.78 is 29.3. The van der Waals surface area contributed by atoms with Crippen LogP contribution in [0.25, 0.3) is 0 Å². The molecule has 0 amide bonds. The van der Waals surface area contributed by atoms with E-state index in [1.807, 2.05) is 13.8 Å². The van der Waals surface area contributed by atoms with E-state index in [1.54, 1.807) is 6.92 Å². The van der Waals surface area contributed by atoms with Gasteiger partial charge in [-0.05, 0) is 20.8 Å². The van der Waals surface area contributed by atoms with Crippen molar-refractivity contribution in [3.8, 4) is 0 Å². The van der Waals surface area contributed by atoms with E-state index >= 15 is 0 Å². The molecule has 4 atom stereocenters. The molecule has 1 aliphatic heterocycles. The van der Waals surface area contributed by atoms with Crippen LogP contribution in [0.5, 0.6) is 0 Å². The minimum atomic E-state index is -1.05. The molecule has 1 fully saturated rings. The predicted octanol–water partition coefficient (Wildman–Crippen LogP) is 1.55. The Hall–Kier alpha value is -0.190. The quantitative estimate of drug-likeness (QED) is 0.698. The zero-order valence-electron chi connectivity index (χ0n) is 9.20. The van der Waals surface area contributed by atoms with E-state index in [9.17, 15) is 4.39 Å². The lowest BCUT2D eigenvalue weighted by molar-refractivity contribution is -0.0644. The van der Waals surface area contributed by atoms with Crippen molar-refractivity contribution in [3.05, 3.63) is 0 Å². The Morgan fingerprint density at radius 3 is 2.57 bits per heavy atom. The third kappa shape index (κ3) is 2.65. The second kappa shape index (κ2) is 5.05. The maximum absolute atomic E-state index is 13.5. The normalized spacial score (nSPS) is 38.1. The molecule has 1 heterocycles. The smallest absolute Gasteiger partial charge is 0.154 e.